The number of halogens is 2. The highest BCUT2D eigenvalue weighted by Gasteiger charge is 2.18. The van der Waals surface area contributed by atoms with E-state index in [0.717, 1.165) is 35.5 Å². The van der Waals surface area contributed by atoms with Gasteiger partial charge < -0.3 is 9.80 Å². The van der Waals surface area contributed by atoms with Crippen molar-refractivity contribution >= 4 is 34.8 Å². The standard InChI is InChI=1S/C24H28Cl2N6O/c1-16-20(17(2)32-24(29-16)19(13-27)14-28-32)7-9-23(33)31(11-5-10-30(3)4)15-18-6-8-21(25)22(26)12-18/h6,8,12,14H,5,7,9-11,15H2,1-4H3. The summed E-state index contributed by atoms with van der Waals surface area (Å²) in [7, 11) is 4.04. The monoisotopic (exact) mass is 486 g/mol. The Labute approximate surface area is 204 Å². The van der Waals surface area contributed by atoms with Crippen molar-refractivity contribution in [2.45, 2.75) is 39.7 Å². The van der Waals surface area contributed by atoms with Gasteiger partial charge in [-0.05, 0) is 70.6 Å². The lowest BCUT2D eigenvalue weighted by molar-refractivity contribution is -0.131. The van der Waals surface area contributed by atoms with Crippen LogP contribution in [-0.4, -0.2) is 57.5 Å². The van der Waals surface area contributed by atoms with E-state index in [1.54, 1.807) is 10.6 Å². The quantitative estimate of drug-likeness (QED) is 0.446. The van der Waals surface area contributed by atoms with E-state index in [2.05, 4.69) is 21.1 Å². The highest BCUT2D eigenvalue weighted by molar-refractivity contribution is 6.42. The van der Waals surface area contributed by atoms with Crippen LogP contribution in [0.25, 0.3) is 5.65 Å². The third-order valence-corrected chi connectivity index (χ3v) is 6.40. The molecule has 0 saturated heterocycles. The van der Waals surface area contributed by atoms with Gasteiger partial charge in [0.25, 0.3) is 0 Å². The van der Waals surface area contributed by atoms with Crippen LogP contribution in [0, 0.1) is 25.2 Å². The van der Waals surface area contributed by atoms with Crippen LogP contribution < -0.4 is 0 Å². The first-order valence-electron chi connectivity index (χ1n) is 10.8. The Kier molecular flexibility index (Phi) is 8.30. The Morgan fingerprint density at radius 2 is 1.94 bits per heavy atom. The molecule has 1 amide bonds. The lowest BCUT2D eigenvalue weighted by Gasteiger charge is -2.24. The number of nitrogens with zero attached hydrogens (tertiary/aromatic N) is 6. The normalized spacial score (nSPS) is 11.2. The minimum absolute atomic E-state index is 0.0666. The molecule has 0 aliphatic heterocycles. The predicted molar refractivity (Wildman–Crippen MR) is 131 cm³/mol. The van der Waals surface area contributed by atoms with E-state index in [1.165, 1.54) is 6.20 Å². The second-order valence-electron chi connectivity index (χ2n) is 8.39. The van der Waals surface area contributed by atoms with Gasteiger partial charge in [-0.1, -0.05) is 29.3 Å². The van der Waals surface area contributed by atoms with Crippen molar-refractivity contribution in [1.82, 2.24) is 24.4 Å². The molecule has 0 aliphatic carbocycles. The second-order valence-corrected chi connectivity index (χ2v) is 9.20. The molecule has 9 heteroatoms. The van der Waals surface area contributed by atoms with Gasteiger partial charge in [-0.3, -0.25) is 4.79 Å². The molecule has 33 heavy (non-hydrogen) atoms. The Hall–Kier alpha value is -2.66. The number of fused-ring (bicyclic) bond motifs is 1. The zero-order chi connectivity index (χ0) is 24.1. The number of rotatable bonds is 9. The van der Waals surface area contributed by atoms with Crippen molar-refractivity contribution in [3.8, 4) is 6.07 Å². The molecule has 3 aromatic rings. The number of carbonyl (C=O) groups excluding carboxylic acids is 1. The minimum Gasteiger partial charge on any atom is -0.338 e. The van der Waals surface area contributed by atoms with E-state index in [9.17, 15) is 10.1 Å². The fourth-order valence-electron chi connectivity index (χ4n) is 3.87. The van der Waals surface area contributed by atoms with Gasteiger partial charge in [0, 0.05) is 30.9 Å². The predicted octanol–water partition coefficient (Wildman–Crippen LogP) is 4.44. The zero-order valence-corrected chi connectivity index (χ0v) is 20.9. The number of amides is 1. The van der Waals surface area contributed by atoms with Gasteiger partial charge in [-0.2, -0.15) is 10.4 Å². The molecule has 174 valence electrons. The second kappa shape index (κ2) is 11.0. The summed E-state index contributed by atoms with van der Waals surface area (Å²) in [5, 5.41) is 14.5. The summed E-state index contributed by atoms with van der Waals surface area (Å²) in [6.07, 6.45) is 3.29. The summed E-state index contributed by atoms with van der Waals surface area (Å²) in [6, 6.07) is 7.59. The molecular weight excluding hydrogens is 459 g/mol. The third-order valence-electron chi connectivity index (χ3n) is 5.66. The maximum absolute atomic E-state index is 13.3. The molecule has 0 radical (unpaired) electrons. The summed E-state index contributed by atoms with van der Waals surface area (Å²) < 4.78 is 1.68. The van der Waals surface area contributed by atoms with Crippen LogP contribution in [0.4, 0.5) is 0 Å². The van der Waals surface area contributed by atoms with Crippen molar-refractivity contribution in [1.29, 1.82) is 5.26 Å². The molecule has 7 nitrogen and oxygen atoms in total. The summed E-state index contributed by atoms with van der Waals surface area (Å²) in [4.78, 5) is 21.8. The lowest BCUT2D eigenvalue weighted by Crippen LogP contribution is -2.33. The summed E-state index contributed by atoms with van der Waals surface area (Å²) >= 11 is 12.2. The number of hydrogen-bond acceptors (Lipinski definition) is 5. The first-order chi connectivity index (χ1) is 15.7. The van der Waals surface area contributed by atoms with Crippen LogP contribution in [0.5, 0.6) is 0 Å². The largest absolute Gasteiger partial charge is 0.338 e. The molecule has 0 fully saturated rings. The van der Waals surface area contributed by atoms with Crippen LogP contribution in [0.1, 0.15) is 40.9 Å². The molecule has 0 N–H and O–H groups in total. The Morgan fingerprint density at radius 1 is 1.18 bits per heavy atom. The molecule has 0 aliphatic rings. The number of benzene rings is 1. The van der Waals surface area contributed by atoms with E-state index >= 15 is 0 Å². The maximum Gasteiger partial charge on any atom is 0.223 e. The van der Waals surface area contributed by atoms with Crippen LogP contribution in [0.2, 0.25) is 10.0 Å². The number of aromatic nitrogens is 3. The Morgan fingerprint density at radius 3 is 2.61 bits per heavy atom. The van der Waals surface area contributed by atoms with Crippen molar-refractivity contribution in [2.75, 3.05) is 27.2 Å². The molecular formula is C24H28Cl2N6O. The number of hydrogen-bond donors (Lipinski definition) is 0. The van der Waals surface area contributed by atoms with Gasteiger partial charge in [0.1, 0.15) is 11.6 Å². The van der Waals surface area contributed by atoms with Crippen LogP contribution in [-0.2, 0) is 17.8 Å². The van der Waals surface area contributed by atoms with Crippen LogP contribution >= 0.6 is 23.2 Å². The summed E-state index contributed by atoms with van der Waals surface area (Å²) in [5.74, 6) is 0.0666. The average molecular weight is 487 g/mol. The lowest BCUT2D eigenvalue weighted by atomic mass is 10.1. The SMILES string of the molecule is Cc1nc2c(C#N)cnn2c(C)c1CCC(=O)N(CCCN(C)C)Cc1ccc(Cl)c(Cl)c1. The molecule has 2 aromatic heterocycles. The minimum atomic E-state index is 0.0666. The van der Waals surface area contributed by atoms with E-state index in [1.807, 2.05) is 45.0 Å². The Balaban J connectivity index is 1.77. The highest BCUT2D eigenvalue weighted by Crippen LogP contribution is 2.24. The van der Waals surface area contributed by atoms with Crippen molar-refractivity contribution in [2.24, 2.45) is 0 Å². The molecule has 1 aromatic carbocycles. The molecule has 0 bridgehead atoms. The topological polar surface area (TPSA) is 77.5 Å². The van der Waals surface area contributed by atoms with Gasteiger partial charge in [-0.15, -0.1) is 0 Å². The molecule has 3 rings (SSSR count). The summed E-state index contributed by atoms with van der Waals surface area (Å²) in [6.45, 7) is 5.87. The maximum atomic E-state index is 13.3. The average Bonchev–Trinajstić information content (AvgIpc) is 3.18. The number of carbonyl (C=O) groups is 1. The molecule has 0 atom stereocenters. The van der Waals surface area contributed by atoms with Crippen LogP contribution in [0.3, 0.4) is 0 Å². The van der Waals surface area contributed by atoms with Gasteiger partial charge in [-0.25, -0.2) is 9.50 Å². The van der Waals surface area contributed by atoms with Gasteiger partial charge in [0.2, 0.25) is 5.91 Å². The smallest absolute Gasteiger partial charge is 0.223 e. The van der Waals surface area contributed by atoms with Crippen molar-refractivity contribution in [3.05, 3.63) is 62.5 Å². The van der Waals surface area contributed by atoms with Crippen molar-refractivity contribution < 1.29 is 4.79 Å². The van der Waals surface area contributed by atoms with E-state index in [-0.39, 0.29) is 5.91 Å². The molecule has 0 saturated carbocycles. The van der Waals surface area contributed by atoms with E-state index < -0.39 is 0 Å². The van der Waals surface area contributed by atoms with Gasteiger partial charge >= 0.3 is 0 Å². The fraction of sp³-hybridized carbons (Fsp3) is 0.417. The molecule has 2 heterocycles. The first-order valence-corrected chi connectivity index (χ1v) is 11.6. The summed E-state index contributed by atoms with van der Waals surface area (Å²) in [5.41, 5.74) is 4.62. The Bertz CT molecular complexity index is 1200. The highest BCUT2D eigenvalue weighted by atomic mass is 35.5. The van der Waals surface area contributed by atoms with Crippen molar-refractivity contribution in [3.63, 3.8) is 0 Å². The molecule has 0 unspecified atom stereocenters. The fourth-order valence-corrected chi connectivity index (χ4v) is 4.19. The number of aryl methyl sites for hydroxylation is 2. The molecule has 0 spiro atoms. The zero-order valence-electron chi connectivity index (χ0n) is 19.4. The number of nitriles is 1. The van der Waals surface area contributed by atoms with Gasteiger partial charge in [0.15, 0.2) is 5.65 Å². The third kappa shape index (κ3) is 6.02. The van der Waals surface area contributed by atoms with Gasteiger partial charge in [0.05, 0.1) is 16.2 Å². The van der Waals surface area contributed by atoms with Crippen LogP contribution in [0.15, 0.2) is 24.4 Å². The van der Waals surface area contributed by atoms with E-state index in [4.69, 9.17) is 23.2 Å². The first kappa shape index (κ1) is 25.0. The van der Waals surface area contributed by atoms with E-state index in [0.29, 0.717) is 47.2 Å².